The number of anilines is 2. The van der Waals surface area contributed by atoms with Gasteiger partial charge in [0.1, 0.15) is 34.1 Å². The molecule has 45 heavy (non-hydrogen) atoms. The van der Waals surface area contributed by atoms with E-state index in [1.165, 1.54) is 44.6 Å². The number of piperazine rings is 1. The van der Waals surface area contributed by atoms with E-state index in [1.54, 1.807) is 23.1 Å². The number of benzene rings is 2. The Hall–Kier alpha value is -5.42. The maximum atomic E-state index is 14.3. The summed E-state index contributed by atoms with van der Waals surface area (Å²) in [6, 6.07) is 11.0. The minimum atomic E-state index is -4.49. The van der Waals surface area contributed by atoms with Gasteiger partial charge in [0.15, 0.2) is 5.78 Å². The van der Waals surface area contributed by atoms with Gasteiger partial charge in [-0.25, -0.2) is 27.2 Å². The van der Waals surface area contributed by atoms with Crippen molar-refractivity contribution in [2.24, 2.45) is 0 Å². The highest BCUT2D eigenvalue weighted by molar-refractivity contribution is 7.92. The molecule has 1 N–H and O–H groups in total. The van der Waals surface area contributed by atoms with Crippen LogP contribution in [0, 0.1) is 23.0 Å². The lowest BCUT2D eigenvalue weighted by Crippen LogP contribution is -2.48. The van der Waals surface area contributed by atoms with Crippen LogP contribution in [-0.4, -0.2) is 68.3 Å². The molecule has 0 unspecified atom stereocenters. The molecule has 1 aliphatic heterocycles. The van der Waals surface area contributed by atoms with Gasteiger partial charge in [-0.1, -0.05) is 12.1 Å². The molecule has 5 rings (SSSR count). The Morgan fingerprint density at radius 2 is 1.73 bits per heavy atom. The number of allylic oxidation sites excluding steroid dienone is 1. The standard InChI is InChI=1S/C31H26F2N6O5S/c1-19(40)3-8-29(41)38-9-11-39(12-10-38)30-25-13-20(4-6-24(25)22(16-34)18-35-30)21-14-27(31(44-2)36-17-21)37-45(42,43)28-7-5-23(32)15-26(28)33/h3-8,13-15,17-18,37H,9-12H2,1-2H3/b8-3+. The van der Waals surface area contributed by atoms with Crippen LogP contribution in [0.1, 0.15) is 12.5 Å². The van der Waals surface area contributed by atoms with E-state index in [2.05, 4.69) is 20.8 Å². The molecule has 0 radical (unpaired) electrons. The molecule has 230 valence electrons. The molecule has 0 atom stereocenters. The number of nitriles is 1. The number of nitrogens with one attached hydrogen (secondary N) is 1. The number of carbonyl (C=O) groups is 2. The summed E-state index contributed by atoms with van der Waals surface area (Å²) in [6.45, 7) is 3.06. The molecule has 11 nitrogen and oxygen atoms in total. The number of ether oxygens (including phenoxy) is 1. The molecule has 1 amide bonds. The van der Waals surface area contributed by atoms with Gasteiger partial charge in [-0.05, 0) is 42.8 Å². The average Bonchev–Trinajstić information content (AvgIpc) is 3.02. The van der Waals surface area contributed by atoms with Gasteiger partial charge in [-0.2, -0.15) is 5.26 Å². The van der Waals surface area contributed by atoms with E-state index < -0.39 is 26.6 Å². The minimum Gasteiger partial charge on any atom is -0.480 e. The first-order valence-electron chi connectivity index (χ1n) is 13.6. The number of amides is 1. The number of fused-ring (bicyclic) bond motifs is 1. The zero-order valence-corrected chi connectivity index (χ0v) is 24.9. The van der Waals surface area contributed by atoms with Crippen LogP contribution >= 0.6 is 0 Å². The predicted octanol–water partition coefficient (Wildman–Crippen LogP) is 4.05. The van der Waals surface area contributed by atoms with Crippen LogP contribution in [0.2, 0.25) is 0 Å². The molecular formula is C31H26F2N6O5S. The predicted molar refractivity (Wildman–Crippen MR) is 162 cm³/mol. The third-order valence-electron chi connectivity index (χ3n) is 7.14. The number of hydrogen-bond acceptors (Lipinski definition) is 9. The van der Waals surface area contributed by atoms with Gasteiger partial charge in [-0.15, -0.1) is 0 Å². The Balaban J connectivity index is 1.49. The van der Waals surface area contributed by atoms with E-state index >= 15 is 0 Å². The van der Waals surface area contributed by atoms with Gasteiger partial charge in [0.05, 0.1) is 12.7 Å². The summed E-state index contributed by atoms with van der Waals surface area (Å²) in [7, 11) is -3.19. The molecular weight excluding hydrogens is 606 g/mol. The van der Waals surface area contributed by atoms with Crippen LogP contribution in [0.15, 0.2) is 71.9 Å². The molecule has 2 aromatic carbocycles. The van der Waals surface area contributed by atoms with Crippen molar-refractivity contribution in [3.05, 3.63) is 84.2 Å². The first kappa shape index (κ1) is 31.0. The highest BCUT2D eigenvalue weighted by atomic mass is 32.2. The van der Waals surface area contributed by atoms with Crippen LogP contribution in [0.4, 0.5) is 20.3 Å². The van der Waals surface area contributed by atoms with Crippen LogP contribution in [-0.2, 0) is 19.6 Å². The third kappa shape index (κ3) is 6.58. The van der Waals surface area contributed by atoms with Crippen LogP contribution in [0.3, 0.4) is 0 Å². The second kappa shape index (κ2) is 12.7. The highest BCUT2D eigenvalue weighted by Crippen LogP contribution is 2.35. The zero-order valence-electron chi connectivity index (χ0n) is 24.1. The molecule has 1 saturated heterocycles. The van der Waals surface area contributed by atoms with Gasteiger partial charge in [0, 0.05) is 67.1 Å². The number of rotatable bonds is 8. The number of pyridine rings is 2. The maximum Gasteiger partial charge on any atom is 0.264 e. The molecule has 3 heterocycles. The van der Waals surface area contributed by atoms with E-state index in [9.17, 15) is 32.0 Å². The largest absolute Gasteiger partial charge is 0.480 e. The fourth-order valence-electron chi connectivity index (χ4n) is 4.92. The molecule has 1 fully saturated rings. The summed E-state index contributed by atoms with van der Waals surface area (Å²) in [5, 5.41) is 11.0. The van der Waals surface area contributed by atoms with Crippen molar-refractivity contribution in [2.75, 3.05) is 42.9 Å². The summed E-state index contributed by atoms with van der Waals surface area (Å²) in [5.41, 5.74) is 1.34. The molecule has 2 aromatic heterocycles. The summed E-state index contributed by atoms with van der Waals surface area (Å²) in [5.74, 6) is -2.15. The molecule has 4 aromatic rings. The molecule has 1 aliphatic rings. The average molecular weight is 633 g/mol. The van der Waals surface area contributed by atoms with E-state index in [-0.39, 0.29) is 23.3 Å². The lowest BCUT2D eigenvalue weighted by Gasteiger charge is -2.35. The Morgan fingerprint density at radius 3 is 2.40 bits per heavy atom. The molecule has 14 heteroatoms. The maximum absolute atomic E-state index is 14.3. The smallest absolute Gasteiger partial charge is 0.264 e. The second-order valence-electron chi connectivity index (χ2n) is 10.1. The van der Waals surface area contributed by atoms with Gasteiger partial charge >= 0.3 is 0 Å². The molecule has 0 aliphatic carbocycles. The number of sulfonamides is 1. The number of halogens is 2. The van der Waals surface area contributed by atoms with Crippen molar-refractivity contribution in [1.82, 2.24) is 14.9 Å². The van der Waals surface area contributed by atoms with E-state index in [1.807, 2.05) is 4.90 Å². The van der Waals surface area contributed by atoms with E-state index in [4.69, 9.17) is 4.74 Å². The fraction of sp³-hybridized carbons (Fsp3) is 0.194. The Kier molecular flexibility index (Phi) is 8.73. The molecule has 0 bridgehead atoms. The Morgan fingerprint density at radius 1 is 0.978 bits per heavy atom. The van der Waals surface area contributed by atoms with Crippen LogP contribution in [0.5, 0.6) is 5.88 Å². The number of hydrogen-bond donors (Lipinski definition) is 1. The van der Waals surface area contributed by atoms with E-state index in [0.717, 1.165) is 12.1 Å². The van der Waals surface area contributed by atoms with Gasteiger partial charge in [0.2, 0.25) is 11.8 Å². The minimum absolute atomic E-state index is 0.0784. The van der Waals surface area contributed by atoms with Gasteiger partial charge < -0.3 is 14.5 Å². The Bertz CT molecular complexity index is 2000. The summed E-state index contributed by atoms with van der Waals surface area (Å²) >= 11 is 0. The third-order valence-corrected chi connectivity index (χ3v) is 8.54. The van der Waals surface area contributed by atoms with Crippen LogP contribution < -0.4 is 14.4 Å². The SMILES string of the molecule is COc1ncc(-c2ccc3c(C#N)cnc(N4CCN(C(=O)/C=C/C(C)=O)CC4)c3c2)cc1NS(=O)(=O)c1ccc(F)cc1F. The quantitative estimate of drug-likeness (QED) is 0.284. The molecule has 0 saturated carbocycles. The van der Waals surface area contributed by atoms with Crippen molar-refractivity contribution >= 4 is 44.0 Å². The number of nitrogens with zero attached hydrogens (tertiary/aromatic N) is 5. The lowest BCUT2D eigenvalue weighted by molar-refractivity contribution is -0.126. The lowest BCUT2D eigenvalue weighted by atomic mass is 10.00. The van der Waals surface area contributed by atoms with Crippen molar-refractivity contribution in [2.45, 2.75) is 11.8 Å². The fourth-order valence-corrected chi connectivity index (χ4v) is 6.03. The monoisotopic (exact) mass is 632 g/mol. The first-order chi connectivity index (χ1) is 21.5. The van der Waals surface area contributed by atoms with Crippen molar-refractivity contribution in [3.63, 3.8) is 0 Å². The second-order valence-corrected chi connectivity index (χ2v) is 11.7. The number of aromatic nitrogens is 2. The normalized spacial score (nSPS) is 13.6. The van der Waals surface area contributed by atoms with Crippen molar-refractivity contribution in [3.8, 4) is 23.1 Å². The van der Waals surface area contributed by atoms with E-state index in [0.29, 0.717) is 65.5 Å². The number of methoxy groups -OCH3 is 1. The highest BCUT2D eigenvalue weighted by Gasteiger charge is 2.24. The summed E-state index contributed by atoms with van der Waals surface area (Å²) in [4.78, 5) is 35.3. The summed E-state index contributed by atoms with van der Waals surface area (Å²) < 4.78 is 61.2. The summed E-state index contributed by atoms with van der Waals surface area (Å²) in [6.07, 6.45) is 5.45. The zero-order chi connectivity index (χ0) is 32.3. The number of ketones is 1. The number of carbonyl (C=O) groups excluding carboxylic acids is 2. The topological polar surface area (TPSA) is 146 Å². The van der Waals surface area contributed by atoms with Crippen molar-refractivity contribution in [1.29, 1.82) is 5.26 Å². The van der Waals surface area contributed by atoms with Gasteiger partial charge in [-0.3, -0.25) is 14.3 Å². The van der Waals surface area contributed by atoms with Gasteiger partial charge in [0.25, 0.3) is 10.0 Å². The Labute approximate surface area is 257 Å². The van der Waals surface area contributed by atoms with Crippen molar-refractivity contribution < 1.29 is 31.5 Å². The molecule has 0 spiro atoms. The first-order valence-corrected chi connectivity index (χ1v) is 15.1. The van der Waals surface area contributed by atoms with Crippen LogP contribution in [0.25, 0.3) is 21.9 Å².